The van der Waals surface area contributed by atoms with Crippen molar-refractivity contribution in [3.8, 4) is 5.69 Å². The zero-order valence-corrected chi connectivity index (χ0v) is 10.6. The van der Waals surface area contributed by atoms with Gasteiger partial charge in [-0.2, -0.15) is 5.10 Å². The summed E-state index contributed by atoms with van der Waals surface area (Å²) in [4.78, 5) is 0. The SMILES string of the molecule is CCNC(CCO)c1cnn(-c2ccccc2)c1. The smallest absolute Gasteiger partial charge is 0.0645 e. The summed E-state index contributed by atoms with van der Waals surface area (Å²) in [6, 6.07) is 10.2. The first-order valence-electron chi connectivity index (χ1n) is 6.29. The fourth-order valence-corrected chi connectivity index (χ4v) is 2.00. The van der Waals surface area contributed by atoms with Crippen LogP contribution in [-0.4, -0.2) is 28.0 Å². The second kappa shape index (κ2) is 6.33. The molecule has 1 heterocycles. The van der Waals surface area contributed by atoms with Gasteiger partial charge in [-0.25, -0.2) is 4.68 Å². The molecule has 0 spiro atoms. The summed E-state index contributed by atoms with van der Waals surface area (Å²) in [6.45, 7) is 3.11. The van der Waals surface area contributed by atoms with E-state index in [1.54, 1.807) is 0 Å². The van der Waals surface area contributed by atoms with E-state index in [1.807, 2.05) is 47.4 Å². The van der Waals surface area contributed by atoms with Crippen LogP contribution in [0.5, 0.6) is 0 Å². The van der Waals surface area contributed by atoms with Gasteiger partial charge >= 0.3 is 0 Å². The summed E-state index contributed by atoms with van der Waals surface area (Å²) in [5.41, 5.74) is 2.15. The molecule has 0 aliphatic carbocycles. The molecule has 0 fully saturated rings. The number of rotatable bonds is 6. The molecule has 1 atom stereocenters. The van der Waals surface area contributed by atoms with E-state index in [0.717, 1.165) is 17.8 Å². The molecule has 4 heteroatoms. The summed E-state index contributed by atoms with van der Waals surface area (Å²) in [6.07, 6.45) is 4.57. The van der Waals surface area contributed by atoms with Gasteiger partial charge in [0.1, 0.15) is 0 Å². The lowest BCUT2D eigenvalue weighted by Crippen LogP contribution is -2.21. The number of benzene rings is 1. The maximum absolute atomic E-state index is 9.08. The van der Waals surface area contributed by atoms with E-state index in [1.165, 1.54) is 0 Å². The number of hydrogen-bond acceptors (Lipinski definition) is 3. The van der Waals surface area contributed by atoms with Crippen LogP contribution in [0, 0.1) is 0 Å². The molecule has 1 aromatic heterocycles. The summed E-state index contributed by atoms with van der Waals surface area (Å²) >= 11 is 0. The van der Waals surface area contributed by atoms with Crippen molar-refractivity contribution < 1.29 is 5.11 Å². The second-order valence-electron chi connectivity index (χ2n) is 4.18. The van der Waals surface area contributed by atoms with Gasteiger partial charge in [-0.1, -0.05) is 25.1 Å². The first-order chi connectivity index (χ1) is 8.85. The minimum atomic E-state index is 0.164. The number of para-hydroxylation sites is 1. The second-order valence-corrected chi connectivity index (χ2v) is 4.18. The minimum Gasteiger partial charge on any atom is -0.396 e. The number of aromatic nitrogens is 2. The van der Waals surface area contributed by atoms with Crippen LogP contribution in [0.1, 0.15) is 24.9 Å². The van der Waals surface area contributed by atoms with Crippen molar-refractivity contribution in [3.05, 3.63) is 48.3 Å². The van der Waals surface area contributed by atoms with Gasteiger partial charge in [0.05, 0.1) is 11.9 Å². The number of nitrogens with one attached hydrogen (secondary N) is 1. The number of aliphatic hydroxyl groups excluding tert-OH is 1. The monoisotopic (exact) mass is 245 g/mol. The predicted molar refractivity (Wildman–Crippen MR) is 71.7 cm³/mol. The Labute approximate surface area is 107 Å². The zero-order valence-electron chi connectivity index (χ0n) is 10.6. The molecular formula is C14H19N3O. The van der Waals surface area contributed by atoms with Crippen molar-refractivity contribution in [3.63, 3.8) is 0 Å². The highest BCUT2D eigenvalue weighted by atomic mass is 16.3. The maximum atomic E-state index is 9.08. The lowest BCUT2D eigenvalue weighted by Gasteiger charge is -2.14. The van der Waals surface area contributed by atoms with E-state index in [0.29, 0.717) is 6.42 Å². The van der Waals surface area contributed by atoms with Crippen LogP contribution in [0.25, 0.3) is 5.69 Å². The van der Waals surface area contributed by atoms with Crippen LogP contribution in [0.2, 0.25) is 0 Å². The molecule has 0 aliphatic rings. The van der Waals surface area contributed by atoms with E-state index >= 15 is 0 Å². The predicted octanol–water partition coefficient (Wildman–Crippen LogP) is 1.91. The third kappa shape index (κ3) is 2.97. The van der Waals surface area contributed by atoms with Gasteiger partial charge in [0.2, 0.25) is 0 Å². The van der Waals surface area contributed by atoms with Crippen molar-refractivity contribution in [2.45, 2.75) is 19.4 Å². The van der Waals surface area contributed by atoms with Crippen LogP contribution in [0.3, 0.4) is 0 Å². The molecule has 2 aromatic rings. The molecule has 0 saturated carbocycles. The first-order valence-corrected chi connectivity index (χ1v) is 6.29. The standard InChI is InChI=1S/C14H19N3O/c1-2-15-14(8-9-18)12-10-16-17(11-12)13-6-4-3-5-7-13/h3-7,10-11,14-15,18H,2,8-9H2,1H3. The van der Waals surface area contributed by atoms with Crippen LogP contribution >= 0.6 is 0 Å². The van der Waals surface area contributed by atoms with Gasteiger partial charge in [0.15, 0.2) is 0 Å². The average molecular weight is 245 g/mol. The van der Waals surface area contributed by atoms with Crippen molar-refractivity contribution in [2.75, 3.05) is 13.2 Å². The minimum absolute atomic E-state index is 0.164. The van der Waals surface area contributed by atoms with Gasteiger partial charge in [0.25, 0.3) is 0 Å². The van der Waals surface area contributed by atoms with Gasteiger partial charge in [-0.15, -0.1) is 0 Å². The normalized spacial score (nSPS) is 12.6. The van der Waals surface area contributed by atoms with Gasteiger partial charge < -0.3 is 10.4 Å². The Balaban J connectivity index is 2.18. The van der Waals surface area contributed by atoms with E-state index in [-0.39, 0.29) is 12.6 Å². The van der Waals surface area contributed by atoms with Gasteiger partial charge in [-0.05, 0) is 25.1 Å². The molecule has 2 rings (SSSR count). The van der Waals surface area contributed by atoms with Crippen molar-refractivity contribution in [1.29, 1.82) is 0 Å². The molecule has 0 bridgehead atoms. The Morgan fingerprint density at radius 3 is 2.78 bits per heavy atom. The lowest BCUT2D eigenvalue weighted by molar-refractivity contribution is 0.266. The highest BCUT2D eigenvalue weighted by molar-refractivity contribution is 5.31. The molecule has 1 aromatic carbocycles. The molecule has 18 heavy (non-hydrogen) atoms. The molecule has 0 saturated heterocycles. The molecule has 0 radical (unpaired) electrons. The molecule has 2 N–H and O–H groups in total. The van der Waals surface area contributed by atoms with Crippen LogP contribution < -0.4 is 5.32 Å². The van der Waals surface area contributed by atoms with Crippen LogP contribution in [0.4, 0.5) is 0 Å². The van der Waals surface area contributed by atoms with Crippen molar-refractivity contribution in [2.24, 2.45) is 0 Å². The quantitative estimate of drug-likeness (QED) is 0.817. The highest BCUT2D eigenvalue weighted by Crippen LogP contribution is 2.17. The van der Waals surface area contributed by atoms with Gasteiger partial charge in [-0.3, -0.25) is 0 Å². The lowest BCUT2D eigenvalue weighted by atomic mass is 10.1. The van der Waals surface area contributed by atoms with E-state index in [9.17, 15) is 0 Å². The molecule has 0 aliphatic heterocycles. The summed E-state index contributed by atoms with van der Waals surface area (Å²) in [7, 11) is 0. The number of nitrogens with zero attached hydrogens (tertiary/aromatic N) is 2. The molecule has 4 nitrogen and oxygen atoms in total. The Kier molecular flexibility index (Phi) is 4.50. The van der Waals surface area contributed by atoms with Crippen LogP contribution in [0.15, 0.2) is 42.7 Å². The summed E-state index contributed by atoms with van der Waals surface area (Å²) in [5, 5.41) is 16.8. The van der Waals surface area contributed by atoms with Crippen molar-refractivity contribution in [1.82, 2.24) is 15.1 Å². The summed E-state index contributed by atoms with van der Waals surface area (Å²) < 4.78 is 1.86. The Morgan fingerprint density at radius 2 is 2.11 bits per heavy atom. The average Bonchev–Trinajstić information content (AvgIpc) is 2.89. The first kappa shape index (κ1) is 12.8. The zero-order chi connectivity index (χ0) is 12.8. The van der Waals surface area contributed by atoms with Crippen LogP contribution in [-0.2, 0) is 0 Å². The van der Waals surface area contributed by atoms with E-state index in [2.05, 4.69) is 17.3 Å². The maximum Gasteiger partial charge on any atom is 0.0645 e. The largest absolute Gasteiger partial charge is 0.396 e. The number of hydrogen-bond donors (Lipinski definition) is 2. The van der Waals surface area contributed by atoms with E-state index < -0.39 is 0 Å². The Morgan fingerprint density at radius 1 is 1.33 bits per heavy atom. The third-order valence-electron chi connectivity index (χ3n) is 2.89. The third-order valence-corrected chi connectivity index (χ3v) is 2.89. The van der Waals surface area contributed by atoms with Gasteiger partial charge in [0, 0.05) is 24.4 Å². The fourth-order valence-electron chi connectivity index (χ4n) is 2.00. The van der Waals surface area contributed by atoms with E-state index in [4.69, 9.17) is 5.11 Å². The summed E-state index contributed by atoms with van der Waals surface area (Å²) in [5.74, 6) is 0. The topological polar surface area (TPSA) is 50.1 Å². The Hall–Kier alpha value is -1.65. The highest BCUT2D eigenvalue weighted by Gasteiger charge is 2.12. The Bertz CT molecular complexity index is 461. The molecular weight excluding hydrogens is 226 g/mol. The number of aliphatic hydroxyl groups is 1. The fraction of sp³-hybridized carbons (Fsp3) is 0.357. The van der Waals surface area contributed by atoms with Crippen molar-refractivity contribution >= 4 is 0 Å². The molecule has 96 valence electrons. The molecule has 0 amide bonds. The molecule has 1 unspecified atom stereocenters.